The first kappa shape index (κ1) is 35.9. The van der Waals surface area contributed by atoms with Gasteiger partial charge in [0, 0.05) is 35.9 Å². The van der Waals surface area contributed by atoms with Crippen LogP contribution < -0.4 is 5.32 Å². The quantitative estimate of drug-likeness (QED) is 0.273. The number of amides is 1. The van der Waals surface area contributed by atoms with Crippen LogP contribution in [0.1, 0.15) is 39.5 Å². The van der Waals surface area contributed by atoms with Crippen molar-refractivity contribution in [1.29, 1.82) is 0 Å². The lowest BCUT2D eigenvalue weighted by Crippen LogP contribution is -2.52. The second-order valence-corrected chi connectivity index (χ2v) is 14.4. The summed E-state index contributed by atoms with van der Waals surface area (Å²) in [4.78, 5) is 27.5. The second-order valence-electron chi connectivity index (χ2n) is 12.4. The summed E-state index contributed by atoms with van der Waals surface area (Å²) in [5.74, 6) is -2.74. The average molecular weight is 674 g/mol. The van der Waals surface area contributed by atoms with E-state index in [1.165, 1.54) is 0 Å². The first-order valence-corrected chi connectivity index (χ1v) is 17.4. The molecule has 1 aliphatic carbocycles. The monoisotopic (exact) mass is 673 g/mol. The molecule has 0 bridgehead atoms. The minimum atomic E-state index is -5.08. The van der Waals surface area contributed by atoms with Gasteiger partial charge in [0.2, 0.25) is 5.91 Å². The normalized spacial score (nSPS) is 21.8. The third-order valence-corrected chi connectivity index (χ3v) is 10.9. The van der Waals surface area contributed by atoms with Crippen LogP contribution in [0.2, 0.25) is 0 Å². The maximum Gasteiger partial charge on any atom is 0.490 e. The zero-order valence-electron chi connectivity index (χ0n) is 26.7. The number of hydrogen-bond donors (Lipinski definition) is 2. The molecule has 5 rings (SSSR count). The number of halogens is 3. The molecule has 0 spiro atoms. The maximum absolute atomic E-state index is 13.9. The predicted molar refractivity (Wildman–Crippen MR) is 176 cm³/mol. The molecule has 2 fully saturated rings. The van der Waals surface area contributed by atoms with Crippen molar-refractivity contribution in [3.63, 3.8) is 0 Å². The third kappa shape index (κ3) is 9.13. The zero-order chi connectivity index (χ0) is 34.4. The number of nitrogens with one attached hydrogen (secondary N) is 1. The number of hydrogen-bond acceptors (Lipinski definition) is 6. The van der Waals surface area contributed by atoms with Gasteiger partial charge in [-0.1, -0.05) is 66.7 Å². The van der Waals surface area contributed by atoms with Crippen molar-refractivity contribution in [1.82, 2.24) is 9.80 Å². The van der Waals surface area contributed by atoms with E-state index in [9.17, 15) is 26.4 Å². The number of rotatable bonds is 9. The summed E-state index contributed by atoms with van der Waals surface area (Å²) in [5, 5.41) is 10.7. The fraction of sp³-hybridized carbons (Fsp3) is 0.429. The van der Waals surface area contributed by atoms with Gasteiger partial charge in [-0.05, 0) is 76.3 Å². The molecule has 47 heavy (non-hydrogen) atoms. The van der Waals surface area contributed by atoms with Crippen molar-refractivity contribution >= 4 is 27.4 Å². The lowest BCUT2D eigenvalue weighted by atomic mass is 9.81. The summed E-state index contributed by atoms with van der Waals surface area (Å²) in [7, 11) is -1.35. The Morgan fingerprint density at radius 2 is 1.53 bits per heavy atom. The smallest absolute Gasteiger partial charge is 0.475 e. The molecule has 1 saturated carbocycles. The van der Waals surface area contributed by atoms with Crippen LogP contribution in [0.15, 0.2) is 89.8 Å². The minimum Gasteiger partial charge on any atom is -0.475 e. The summed E-state index contributed by atoms with van der Waals surface area (Å²) in [6, 6.07) is 27.3. The van der Waals surface area contributed by atoms with E-state index in [4.69, 9.17) is 9.90 Å². The standard InChI is InChI=1S/C33H41N3O3S.C2HF3O2/c1-24(2)35(3)27-18-19-32(26(22-27)23-40(38,39)28-14-8-5-9-15-28)36-21-20-31(33(36)37)34-30-17-11-10-16-29(30)25-12-6-4-7-13-25;3-2(4,5)1(6)7/h4-17,24,26-27,31-32,34H,18-23H2,1-3H3;(H,6,7)/t26-,27+,31?,32-;/m0./s1. The Labute approximate surface area is 274 Å². The summed E-state index contributed by atoms with van der Waals surface area (Å²) in [5.41, 5.74) is 3.12. The topological polar surface area (TPSA) is 107 Å². The number of sulfone groups is 1. The van der Waals surface area contributed by atoms with Crippen LogP contribution in [0, 0.1) is 5.92 Å². The number of para-hydroxylation sites is 1. The highest BCUT2D eigenvalue weighted by Gasteiger charge is 2.44. The van der Waals surface area contributed by atoms with Crippen molar-refractivity contribution in [2.24, 2.45) is 5.92 Å². The van der Waals surface area contributed by atoms with E-state index in [-0.39, 0.29) is 29.7 Å². The number of alkyl halides is 3. The number of benzene rings is 3. The Hall–Kier alpha value is -3.90. The molecule has 1 amide bonds. The molecule has 8 nitrogen and oxygen atoms in total. The molecule has 3 aromatic carbocycles. The number of carboxylic acid groups (broad SMARTS) is 1. The van der Waals surface area contributed by atoms with Crippen molar-refractivity contribution in [3.05, 3.63) is 84.9 Å². The lowest BCUT2D eigenvalue weighted by molar-refractivity contribution is -0.192. The Bertz CT molecular complexity index is 1600. The van der Waals surface area contributed by atoms with Crippen LogP contribution in [0.4, 0.5) is 18.9 Å². The van der Waals surface area contributed by atoms with Crippen LogP contribution in [0.5, 0.6) is 0 Å². The largest absolute Gasteiger partial charge is 0.490 e. The Kier molecular flexibility index (Phi) is 11.7. The molecule has 1 unspecified atom stereocenters. The van der Waals surface area contributed by atoms with Gasteiger partial charge in [-0.15, -0.1) is 0 Å². The molecule has 1 saturated heterocycles. The molecule has 2 N–H and O–H groups in total. The maximum atomic E-state index is 13.9. The first-order chi connectivity index (χ1) is 22.2. The molecule has 254 valence electrons. The number of carbonyl (C=O) groups excluding carboxylic acids is 1. The predicted octanol–water partition coefficient (Wildman–Crippen LogP) is 6.35. The summed E-state index contributed by atoms with van der Waals surface area (Å²) < 4.78 is 58.7. The van der Waals surface area contributed by atoms with Crippen LogP contribution in [0.3, 0.4) is 0 Å². The van der Waals surface area contributed by atoms with E-state index in [1.54, 1.807) is 24.3 Å². The fourth-order valence-corrected chi connectivity index (χ4v) is 8.13. The van der Waals surface area contributed by atoms with E-state index in [0.29, 0.717) is 29.9 Å². The third-order valence-electron chi connectivity index (χ3n) is 9.07. The van der Waals surface area contributed by atoms with E-state index < -0.39 is 22.0 Å². The number of aliphatic carboxylic acids is 1. The van der Waals surface area contributed by atoms with Crippen LogP contribution >= 0.6 is 0 Å². The molecule has 0 aromatic heterocycles. The van der Waals surface area contributed by atoms with Gasteiger partial charge in [0.1, 0.15) is 6.04 Å². The van der Waals surface area contributed by atoms with Crippen LogP contribution in [-0.4, -0.2) is 84.9 Å². The van der Waals surface area contributed by atoms with Gasteiger partial charge in [-0.25, -0.2) is 13.2 Å². The second kappa shape index (κ2) is 15.3. The van der Waals surface area contributed by atoms with Crippen molar-refractivity contribution in [2.45, 2.75) is 74.8 Å². The molecule has 2 aliphatic rings. The number of carboxylic acids is 1. The summed E-state index contributed by atoms with van der Waals surface area (Å²) in [6.45, 7) is 4.99. The fourth-order valence-electron chi connectivity index (χ4n) is 6.44. The molecule has 12 heteroatoms. The molecule has 1 aliphatic heterocycles. The minimum absolute atomic E-state index is 0.0584. The van der Waals surface area contributed by atoms with E-state index >= 15 is 0 Å². The zero-order valence-corrected chi connectivity index (χ0v) is 27.5. The van der Waals surface area contributed by atoms with Gasteiger partial charge < -0.3 is 20.2 Å². The lowest BCUT2D eigenvalue weighted by Gasteiger charge is -2.44. The van der Waals surface area contributed by atoms with Crippen LogP contribution in [0.25, 0.3) is 11.1 Å². The Morgan fingerprint density at radius 3 is 2.13 bits per heavy atom. The van der Waals surface area contributed by atoms with Gasteiger partial charge in [-0.2, -0.15) is 13.2 Å². The Balaban J connectivity index is 0.000000644. The van der Waals surface area contributed by atoms with E-state index in [1.807, 2.05) is 47.4 Å². The highest BCUT2D eigenvalue weighted by molar-refractivity contribution is 7.91. The van der Waals surface area contributed by atoms with Gasteiger partial charge in [0.15, 0.2) is 9.84 Å². The number of anilines is 1. The first-order valence-electron chi connectivity index (χ1n) is 15.7. The van der Waals surface area contributed by atoms with Gasteiger partial charge in [0.25, 0.3) is 0 Å². The molecule has 1 heterocycles. The molecule has 3 aromatic rings. The van der Waals surface area contributed by atoms with Crippen molar-refractivity contribution < 1.29 is 36.3 Å². The molecule has 4 atom stereocenters. The van der Waals surface area contributed by atoms with Gasteiger partial charge in [-0.3, -0.25) is 4.79 Å². The average Bonchev–Trinajstić information content (AvgIpc) is 3.40. The highest BCUT2D eigenvalue weighted by Crippen LogP contribution is 2.37. The number of likely N-dealkylation sites (tertiary alicyclic amines) is 1. The van der Waals surface area contributed by atoms with Gasteiger partial charge in [0.05, 0.1) is 10.6 Å². The Morgan fingerprint density at radius 1 is 0.957 bits per heavy atom. The van der Waals surface area contributed by atoms with E-state index in [0.717, 1.165) is 36.1 Å². The number of carbonyl (C=O) groups is 2. The molecule has 0 radical (unpaired) electrons. The number of nitrogens with zero attached hydrogens (tertiary/aromatic N) is 2. The molecular weight excluding hydrogens is 631 g/mol. The van der Waals surface area contributed by atoms with E-state index in [2.05, 4.69) is 49.3 Å². The van der Waals surface area contributed by atoms with Gasteiger partial charge >= 0.3 is 12.1 Å². The van der Waals surface area contributed by atoms with Crippen LogP contribution in [-0.2, 0) is 19.4 Å². The molecular formula is C35H42F3N3O5S. The highest BCUT2D eigenvalue weighted by atomic mass is 32.2. The summed E-state index contributed by atoms with van der Waals surface area (Å²) in [6.07, 6.45) is -1.84. The SMILES string of the molecule is CC(C)N(C)[C@@H]1CC[C@H](N2CCC(Nc3ccccc3-c3ccccc3)C2=O)[C@H](CS(=O)(=O)c2ccccc2)C1.O=C(O)C(F)(F)F. The van der Waals surface area contributed by atoms with Crippen molar-refractivity contribution in [3.8, 4) is 11.1 Å². The van der Waals surface area contributed by atoms with Crippen molar-refractivity contribution in [2.75, 3.05) is 24.7 Å². The summed E-state index contributed by atoms with van der Waals surface area (Å²) >= 11 is 0.